The first-order chi connectivity index (χ1) is 10.3. The van der Waals surface area contributed by atoms with Gasteiger partial charge in [0.1, 0.15) is 10.0 Å². The van der Waals surface area contributed by atoms with E-state index in [9.17, 15) is 0 Å². The second kappa shape index (κ2) is 6.50. The minimum Gasteiger partial charge on any atom is -0.481 e. The van der Waals surface area contributed by atoms with Crippen molar-refractivity contribution in [3.8, 4) is 5.88 Å². The molecule has 112 valence electrons. The van der Waals surface area contributed by atoms with Crippen LogP contribution in [-0.2, 0) is 6.54 Å². The molecule has 0 radical (unpaired) electrons. The maximum Gasteiger partial charge on any atom is 0.228 e. The van der Waals surface area contributed by atoms with Gasteiger partial charge in [0, 0.05) is 56.5 Å². The lowest BCUT2D eigenvalue weighted by molar-refractivity contribution is 0.245. The summed E-state index contributed by atoms with van der Waals surface area (Å²) in [4.78, 5) is 13.1. The number of piperazine rings is 1. The van der Waals surface area contributed by atoms with E-state index in [1.165, 1.54) is 11.5 Å². The standard InChI is InChI=1S/C12H15ClN6OS/c1-20-10-2-3-14-12(15-10)19-6-4-18(5-7-19)8-9-11(13)21-17-16-9/h2-3H,4-8H2,1H3. The lowest BCUT2D eigenvalue weighted by Gasteiger charge is -2.34. The minimum absolute atomic E-state index is 0.586. The second-order valence-electron chi connectivity index (χ2n) is 4.66. The number of nitrogens with zero attached hydrogens (tertiary/aromatic N) is 6. The molecular weight excluding hydrogens is 312 g/mol. The molecule has 0 aromatic carbocycles. The summed E-state index contributed by atoms with van der Waals surface area (Å²) >= 11 is 7.27. The van der Waals surface area contributed by atoms with E-state index in [4.69, 9.17) is 16.3 Å². The summed E-state index contributed by atoms with van der Waals surface area (Å²) < 4.78 is 9.67. The van der Waals surface area contributed by atoms with Gasteiger partial charge in [-0.3, -0.25) is 4.90 Å². The van der Waals surface area contributed by atoms with Gasteiger partial charge < -0.3 is 9.64 Å². The molecule has 7 nitrogen and oxygen atoms in total. The summed E-state index contributed by atoms with van der Waals surface area (Å²) in [6.45, 7) is 4.29. The Morgan fingerprint density at radius 2 is 2.14 bits per heavy atom. The Bertz CT molecular complexity index is 601. The Morgan fingerprint density at radius 1 is 1.33 bits per heavy atom. The van der Waals surface area contributed by atoms with Crippen LogP contribution in [0.1, 0.15) is 5.69 Å². The molecule has 1 saturated heterocycles. The van der Waals surface area contributed by atoms with E-state index in [1.54, 1.807) is 19.4 Å². The van der Waals surface area contributed by atoms with Crippen LogP contribution in [0.25, 0.3) is 0 Å². The van der Waals surface area contributed by atoms with Gasteiger partial charge in [0.05, 0.1) is 7.11 Å². The molecule has 3 heterocycles. The summed E-state index contributed by atoms with van der Waals surface area (Å²) in [5.41, 5.74) is 0.854. The van der Waals surface area contributed by atoms with Gasteiger partial charge in [0.2, 0.25) is 11.8 Å². The maximum absolute atomic E-state index is 6.04. The van der Waals surface area contributed by atoms with Crippen molar-refractivity contribution in [1.82, 2.24) is 24.5 Å². The summed E-state index contributed by atoms with van der Waals surface area (Å²) in [6, 6.07) is 1.75. The van der Waals surface area contributed by atoms with Crippen LogP contribution in [0.15, 0.2) is 12.3 Å². The maximum atomic E-state index is 6.04. The Kier molecular flexibility index (Phi) is 4.47. The lowest BCUT2D eigenvalue weighted by atomic mass is 10.3. The average Bonchev–Trinajstić information content (AvgIpc) is 2.93. The van der Waals surface area contributed by atoms with E-state index in [0.29, 0.717) is 16.2 Å². The highest BCUT2D eigenvalue weighted by Gasteiger charge is 2.21. The first-order valence-corrected chi connectivity index (χ1v) is 7.72. The Labute approximate surface area is 131 Å². The normalized spacial score (nSPS) is 16.2. The minimum atomic E-state index is 0.586. The molecule has 0 spiro atoms. The largest absolute Gasteiger partial charge is 0.481 e. The molecule has 3 rings (SSSR count). The Morgan fingerprint density at radius 3 is 2.81 bits per heavy atom. The lowest BCUT2D eigenvalue weighted by Crippen LogP contribution is -2.46. The number of hydrogen-bond donors (Lipinski definition) is 0. The third kappa shape index (κ3) is 3.39. The van der Waals surface area contributed by atoms with Crippen molar-refractivity contribution in [2.45, 2.75) is 6.54 Å². The monoisotopic (exact) mass is 326 g/mol. The average molecular weight is 327 g/mol. The fourth-order valence-electron chi connectivity index (χ4n) is 2.21. The number of rotatable bonds is 4. The van der Waals surface area contributed by atoms with E-state index >= 15 is 0 Å². The predicted octanol–water partition coefficient (Wildman–Crippen LogP) is 1.31. The molecule has 0 saturated carbocycles. The number of methoxy groups -OCH3 is 1. The number of aromatic nitrogens is 4. The van der Waals surface area contributed by atoms with Gasteiger partial charge in [-0.05, 0) is 0 Å². The highest BCUT2D eigenvalue weighted by Crippen LogP contribution is 2.20. The number of anilines is 1. The molecule has 0 bridgehead atoms. The fourth-order valence-corrected chi connectivity index (χ4v) is 2.82. The topological polar surface area (TPSA) is 67.3 Å². The molecule has 0 aliphatic carbocycles. The molecule has 0 unspecified atom stereocenters. The molecule has 0 N–H and O–H groups in total. The highest BCUT2D eigenvalue weighted by molar-refractivity contribution is 7.10. The molecule has 1 aliphatic rings. The van der Waals surface area contributed by atoms with Gasteiger partial charge in [-0.25, -0.2) is 4.98 Å². The summed E-state index contributed by atoms with van der Waals surface area (Å²) in [6.07, 6.45) is 1.72. The van der Waals surface area contributed by atoms with Gasteiger partial charge in [-0.2, -0.15) is 4.98 Å². The van der Waals surface area contributed by atoms with Crippen molar-refractivity contribution in [2.75, 3.05) is 38.2 Å². The van der Waals surface area contributed by atoms with Crippen LogP contribution >= 0.6 is 23.1 Å². The van der Waals surface area contributed by atoms with Gasteiger partial charge >= 0.3 is 0 Å². The molecule has 1 fully saturated rings. The Hall–Kier alpha value is -1.51. The molecule has 9 heteroatoms. The fraction of sp³-hybridized carbons (Fsp3) is 0.500. The summed E-state index contributed by atoms with van der Waals surface area (Å²) in [5.74, 6) is 1.30. The molecule has 1 aliphatic heterocycles. The van der Waals surface area contributed by atoms with E-state index in [1.807, 2.05) is 0 Å². The van der Waals surface area contributed by atoms with Gasteiger partial charge in [-0.1, -0.05) is 16.1 Å². The van der Waals surface area contributed by atoms with Crippen molar-refractivity contribution < 1.29 is 4.74 Å². The van der Waals surface area contributed by atoms with Crippen LogP contribution in [-0.4, -0.2) is 57.7 Å². The molecule has 2 aromatic heterocycles. The number of hydrogen-bond acceptors (Lipinski definition) is 8. The molecule has 2 aromatic rings. The van der Waals surface area contributed by atoms with Gasteiger partial charge in [0.25, 0.3) is 0 Å². The zero-order chi connectivity index (χ0) is 14.7. The van der Waals surface area contributed by atoms with E-state index in [0.717, 1.165) is 38.4 Å². The first-order valence-electron chi connectivity index (χ1n) is 6.57. The second-order valence-corrected chi connectivity index (χ2v) is 6.01. The number of ether oxygens (including phenoxy) is 1. The van der Waals surface area contributed by atoms with Crippen LogP contribution in [0.4, 0.5) is 5.95 Å². The number of halogens is 1. The quantitative estimate of drug-likeness (QED) is 0.839. The highest BCUT2D eigenvalue weighted by atomic mass is 35.5. The van der Waals surface area contributed by atoms with Crippen LogP contribution < -0.4 is 9.64 Å². The van der Waals surface area contributed by atoms with E-state index in [-0.39, 0.29) is 0 Å². The summed E-state index contributed by atoms with van der Waals surface area (Å²) in [7, 11) is 1.61. The van der Waals surface area contributed by atoms with E-state index in [2.05, 4.69) is 29.4 Å². The molecule has 21 heavy (non-hydrogen) atoms. The smallest absolute Gasteiger partial charge is 0.228 e. The first kappa shape index (κ1) is 14.4. The Balaban J connectivity index is 1.58. The zero-order valence-corrected chi connectivity index (χ0v) is 13.1. The predicted molar refractivity (Wildman–Crippen MR) is 81.0 cm³/mol. The van der Waals surface area contributed by atoms with Crippen molar-refractivity contribution >= 4 is 29.1 Å². The van der Waals surface area contributed by atoms with Crippen LogP contribution in [0, 0.1) is 0 Å². The van der Waals surface area contributed by atoms with Crippen LogP contribution in [0.5, 0.6) is 5.88 Å². The van der Waals surface area contributed by atoms with Gasteiger partial charge in [-0.15, -0.1) is 5.10 Å². The molecular formula is C12H15ClN6OS. The molecule has 0 amide bonds. The van der Waals surface area contributed by atoms with Gasteiger partial charge in [0.15, 0.2) is 0 Å². The SMILES string of the molecule is COc1ccnc(N2CCN(Cc3nnsc3Cl)CC2)n1. The van der Waals surface area contributed by atoms with E-state index < -0.39 is 0 Å². The third-order valence-corrected chi connectivity index (χ3v) is 4.35. The third-order valence-electron chi connectivity index (χ3n) is 3.36. The van der Waals surface area contributed by atoms with Crippen LogP contribution in [0.2, 0.25) is 4.34 Å². The summed E-state index contributed by atoms with van der Waals surface area (Å²) in [5, 5.41) is 4.05. The molecule has 0 atom stereocenters. The zero-order valence-electron chi connectivity index (χ0n) is 11.6. The van der Waals surface area contributed by atoms with Crippen molar-refractivity contribution in [3.63, 3.8) is 0 Å². The van der Waals surface area contributed by atoms with Crippen molar-refractivity contribution in [2.24, 2.45) is 0 Å². The van der Waals surface area contributed by atoms with Crippen molar-refractivity contribution in [1.29, 1.82) is 0 Å². The van der Waals surface area contributed by atoms with Crippen molar-refractivity contribution in [3.05, 3.63) is 22.3 Å². The van der Waals surface area contributed by atoms with Crippen LogP contribution in [0.3, 0.4) is 0 Å².